The van der Waals surface area contributed by atoms with Crippen molar-refractivity contribution in [1.29, 1.82) is 0 Å². The molecule has 0 spiro atoms. The van der Waals surface area contributed by atoms with Gasteiger partial charge in [-0.1, -0.05) is 20.8 Å². The zero-order valence-corrected chi connectivity index (χ0v) is 16.9. The van der Waals surface area contributed by atoms with Gasteiger partial charge in [0, 0.05) is 29.8 Å². The number of aromatic amines is 1. The number of fused-ring (bicyclic) bond motifs is 1. The number of nitrogens with zero attached hydrogens (tertiary/aromatic N) is 2. The molecule has 0 radical (unpaired) electrons. The first-order chi connectivity index (χ1) is 11.7. The monoisotopic (exact) mass is 359 g/mol. The fourth-order valence-corrected chi connectivity index (χ4v) is 4.60. The highest BCUT2D eigenvalue weighted by Crippen LogP contribution is 2.39. The number of H-pyrrole nitrogens is 1. The van der Waals surface area contributed by atoms with Crippen molar-refractivity contribution in [2.24, 2.45) is 5.92 Å². The molecular weight excluding hydrogens is 330 g/mol. The number of rotatable bonds is 4. The Morgan fingerprint density at radius 1 is 1.24 bits per heavy atom. The standard InChI is InChI=1S/C19H29N3O2Si/c1-19(2,3)25(4,5)24-15-8-6-13(7-9-15)16(23)18-21-12-14-10-11-20-17(14)22-18/h10-13,15H,6-9H2,1-5H3,(H,20,21,22). The van der Waals surface area contributed by atoms with Crippen LogP contribution in [-0.4, -0.2) is 35.2 Å². The Kier molecular flexibility index (Phi) is 4.86. The molecule has 0 amide bonds. The van der Waals surface area contributed by atoms with Gasteiger partial charge in [0.15, 0.2) is 14.1 Å². The quantitative estimate of drug-likeness (QED) is 0.633. The van der Waals surface area contributed by atoms with Crippen molar-refractivity contribution in [3.8, 4) is 0 Å². The summed E-state index contributed by atoms with van der Waals surface area (Å²) in [6, 6.07) is 1.91. The SMILES string of the molecule is CC(C)(C)[Si](C)(C)OC1CCC(C(=O)c2ncc3cc[nH]c3n2)CC1. The topological polar surface area (TPSA) is 67.9 Å². The van der Waals surface area contributed by atoms with E-state index in [4.69, 9.17) is 4.43 Å². The number of hydrogen-bond acceptors (Lipinski definition) is 4. The summed E-state index contributed by atoms with van der Waals surface area (Å²) in [5, 5.41) is 1.15. The number of aromatic nitrogens is 3. The highest BCUT2D eigenvalue weighted by molar-refractivity contribution is 6.74. The molecule has 2 aromatic rings. The summed E-state index contributed by atoms with van der Waals surface area (Å²) in [7, 11) is -1.74. The van der Waals surface area contributed by atoms with Crippen molar-refractivity contribution in [2.45, 2.75) is 70.7 Å². The van der Waals surface area contributed by atoms with Crippen molar-refractivity contribution in [2.75, 3.05) is 0 Å². The van der Waals surface area contributed by atoms with Crippen LogP contribution in [0.5, 0.6) is 0 Å². The van der Waals surface area contributed by atoms with E-state index in [9.17, 15) is 4.79 Å². The number of Topliss-reactive ketones (excluding diaryl/α,β-unsaturated/α-hetero) is 1. The lowest BCUT2D eigenvalue weighted by Crippen LogP contribution is -2.45. The highest BCUT2D eigenvalue weighted by atomic mass is 28.4. The third-order valence-corrected chi connectivity index (χ3v) is 10.4. The van der Waals surface area contributed by atoms with Gasteiger partial charge in [0.25, 0.3) is 0 Å². The van der Waals surface area contributed by atoms with Gasteiger partial charge in [0.2, 0.25) is 5.78 Å². The van der Waals surface area contributed by atoms with E-state index in [-0.39, 0.29) is 22.8 Å². The maximum atomic E-state index is 12.7. The number of carbonyl (C=O) groups is 1. The average molecular weight is 360 g/mol. The molecule has 6 heteroatoms. The molecule has 0 unspecified atom stereocenters. The minimum atomic E-state index is -1.74. The number of carbonyl (C=O) groups excluding carboxylic acids is 1. The zero-order valence-electron chi connectivity index (χ0n) is 15.9. The molecule has 0 aliphatic heterocycles. The summed E-state index contributed by atoms with van der Waals surface area (Å²) < 4.78 is 6.52. The van der Waals surface area contributed by atoms with Crippen LogP contribution in [0.3, 0.4) is 0 Å². The van der Waals surface area contributed by atoms with Gasteiger partial charge in [-0.25, -0.2) is 9.97 Å². The predicted molar refractivity (Wildman–Crippen MR) is 102 cm³/mol. The Balaban J connectivity index is 1.61. The first-order valence-corrected chi connectivity index (χ1v) is 12.1. The second-order valence-corrected chi connectivity index (χ2v) is 13.4. The molecule has 0 bridgehead atoms. The predicted octanol–water partition coefficient (Wildman–Crippen LogP) is 4.72. The van der Waals surface area contributed by atoms with Gasteiger partial charge in [-0.2, -0.15) is 0 Å². The molecule has 0 saturated heterocycles. The number of hydrogen-bond donors (Lipinski definition) is 1. The van der Waals surface area contributed by atoms with Crippen LogP contribution in [0.15, 0.2) is 18.5 Å². The van der Waals surface area contributed by atoms with Crippen LogP contribution in [0.2, 0.25) is 18.1 Å². The molecule has 2 heterocycles. The van der Waals surface area contributed by atoms with E-state index < -0.39 is 8.32 Å². The van der Waals surface area contributed by atoms with E-state index in [2.05, 4.69) is 48.8 Å². The van der Waals surface area contributed by atoms with Crippen molar-refractivity contribution < 1.29 is 9.22 Å². The van der Waals surface area contributed by atoms with Gasteiger partial charge in [-0.3, -0.25) is 4.79 Å². The Hall–Kier alpha value is -1.53. The summed E-state index contributed by atoms with van der Waals surface area (Å²) in [6.07, 6.45) is 7.46. The number of ketones is 1. The molecule has 2 aromatic heterocycles. The minimum absolute atomic E-state index is 0.0201. The van der Waals surface area contributed by atoms with Crippen LogP contribution in [0.25, 0.3) is 11.0 Å². The van der Waals surface area contributed by atoms with E-state index in [0.717, 1.165) is 36.7 Å². The van der Waals surface area contributed by atoms with Crippen LogP contribution in [0.4, 0.5) is 0 Å². The summed E-state index contributed by atoms with van der Waals surface area (Å²) >= 11 is 0. The van der Waals surface area contributed by atoms with Crippen molar-refractivity contribution in [3.05, 3.63) is 24.3 Å². The molecule has 136 valence electrons. The third-order valence-electron chi connectivity index (χ3n) is 5.83. The van der Waals surface area contributed by atoms with Gasteiger partial charge < -0.3 is 9.41 Å². The maximum Gasteiger partial charge on any atom is 0.203 e. The summed E-state index contributed by atoms with van der Waals surface area (Å²) in [5.41, 5.74) is 0.730. The summed E-state index contributed by atoms with van der Waals surface area (Å²) in [6.45, 7) is 11.4. The van der Waals surface area contributed by atoms with Gasteiger partial charge >= 0.3 is 0 Å². The average Bonchev–Trinajstić information content (AvgIpc) is 3.01. The second kappa shape index (κ2) is 6.65. The fourth-order valence-electron chi connectivity index (χ4n) is 3.18. The maximum absolute atomic E-state index is 12.7. The molecule has 3 rings (SSSR count). The first-order valence-electron chi connectivity index (χ1n) is 9.19. The van der Waals surface area contributed by atoms with E-state index in [1.807, 2.05) is 12.3 Å². The molecule has 1 fully saturated rings. The second-order valence-electron chi connectivity index (χ2n) is 8.69. The van der Waals surface area contributed by atoms with Crippen molar-refractivity contribution >= 4 is 25.1 Å². The normalized spacial score (nSPS) is 22.3. The summed E-state index contributed by atoms with van der Waals surface area (Å²) in [4.78, 5) is 24.4. The van der Waals surface area contributed by atoms with Crippen LogP contribution in [-0.2, 0) is 4.43 Å². The van der Waals surface area contributed by atoms with Gasteiger partial charge in [-0.05, 0) is 49.9 Å². The van der Waals surface area contributed by atoms with Crippen LogP contribution >= 0.6 is 0 Å². The van der Waals surface area contributed by atoms with Gasteiger partial charge in [0.05, 0.1) is 0 Å². The first kappa shape index (κ1) is 18.3. The molecule has 1 saturated carbocycles. The van der Waals surface area contributed by atoms with E-state index in [0.29, 0.717) is 5.82 Å². The van der Waals surface area contributed by atoms with Crippen LogP contribution in [0, 0.1) is 5.92 Å². The van der Waals surface area contributed by atoms with E-state index in [1.54, 1.807) is 6.20 Å². The van der Waals surface area contributed by atoms with Gasteiger partial charge in [0.1, 0.15) is 5.65 Å². The van der Waals surface area contributed by atoms with Crippen LogP contribution < -0.4 is 0 Å². The van der Waals surface area contributed by atoms with Crippen LogP contribution in [0.1, 0.15) is 57.1 Å². The van der Waals surface area contributed by atoms with E-state index in [1.165, 1.54) is 0 Å². The van der Waals surface area contributed by atoms with Gasteiger partial charge in [-0.15, -0.1) is 0 Å². The lowest BCUT2D eigenvalue weighted by molar-refractivity contribution is 0.0775. The van der Waals surface area contributed by atoms with Crippen molar-refractivity contribution in [1.82, 2.24) is 15.0 Å². The molecular formula is C19H29N3O2Si. The number of nitrogens with one attached hydrogen (secondary N) is 1. The molecule has 1 aliphatic carbocycles. The lowest BCUT2D eigenvalue weighted by Gasteiger charge is -2.41. The Morgan fingerprint density at radius 2 is 1.92 bits per heavy atom. The highest BCUT2D eigenvalue weighted by Gasteiger charge is 2.40. The minimum Gasteiger partial charge on any atom is -0.414 e. The fraction of sp³-hybridized carbons (Fsp3) is 0.632. The Bertz CT molecular complexity index is 755. The van der Waals surface area contributed by atoms with E-state index >= 15 is 0 Å². The molecule has 5 nitrogen and oxygen atoms in total. The molecule has 0 atom stereocenters. The molecule has 1 N–H and O–H groups in total. The summed E-state index contributed by atoms with van der Waals surface area (Å²) in [5.74, 6) is 0.428. The molecule has 25 heavy (non-hydrogen) atoms. The molecule has 0 aromatic carbocycles. The smallest absolute Gasteiger partial charge is 0.203 e. The molecule has 1 aliphatic rings. The largest absolute Gasteiger partial charge is 0.414 e. The zero-order chi connectivity index (χ0) is 18.2. The third kappa shape index (κ3) is 3.85. The Morgan fingerprint density at radius 3 is 2.56 bits per heavy atom. The van der Waals surface area contributed by atoms with Crippen molar-refractivity contribution in [3.63, 3.8) is 0 Å². The lowest BCUT2D eigenvalue weighted by atomic mass is 9.84. The Labute approximate surface area is 150 Å².